The van der Waals surface area contributed by atoms with E-state index in [4.69, 9.17) is 5.26 Å². The summed E-state index contributed by atoms with van der Waals surface area (Å²) >= 11 is 1.97. The van der Waals surface area contributed by atoms with Crippen LogP contribution in [-0.2, 0) is 0 Å². The Bertz CT molecular complexity index is 216. The fourth-order valence-electron chi connectivity index (χ4n) is 2.57. The van der Waals surface area contributed by atoms with Crippen LogP contribution in [0.2, 0.25) is 0 Å². The van der Waals surface area contributed by atoms with Crippen molar-refractivity contribution in [3.8, 4) is 6.07 Å². The normalized spacial score (nSPS) is 25.6. The zero-order chi connectivity index (χ0) is 11.8. The largest absolute Gasteiger partial charge is 0.302 e. The molecule has 0 aromatic rings. The van der Waals surface area contributed by atoms with Crippen molar-refractivity contribution in [2.24, 2.45) is 5.92 Å². The lowest BCUT2D eigenvalue weighted by molar-refractivity contribution is 0.167. The molecule has 0 saturated heterocycles. The van der Waals surface area contributed by atoms with Crippen molar-refractivity contribution >= 4 is 11.8 Å². The summed E-state index contributed by atoms with van der Waals surface area (Å²) in [6.07, 6.45) is 9.71. The van der Waals surface area contributed by atoms with Crippen molar-refractivity contribution in [2.45, 2.75) is 44.6 Å². The van der Waals surface area contributed by atoms with Gasteiger partial charge in [-0.2, -0.15) is 17.0 Å². The van der Waals surface area contributed by atoms with Crippen LogP contribution in [0.25, 0.3) is 0 Å². The zero-order valence-corrected chi connectivity index (χ0v) is 11.4. The summed E-state index contributed by atoms with van der Waals surface area (Å²) in [4.78, 5) is 2.38. The van der Waals surface area contributed by atoms with E-state index in [1.165, 1.54) is 37.9 Å². The number of nitriles is 1. The second-order valence-electron chi connectivity index (χ2n) is 4.84. The highest BCUT2D eigenvalue weighted by atomic mass is 32.2. The third-order valence-electron chi connectivity index (χ3n) is 3.75. The van der Waals surface area contributed by atoms with Gasteiger partial charge in [-0.25, -0.2) is 0 Å². The highest BCUT2D eigenvalue weighted by Gasteiger charge is 2.23. The van der Waals surface area contributed by atoms with E-state index in [0.29, 0.717) is 6.42 Å². The average molecular weight is 240 g/mol. The SMILES string of the molecule is CSCCC1CCC(N(C)CCC#N)CC1. The first-order chi connectivity index (χ1) is 7.77. The molecule has 0 amide bonds. The Morgan fingerprint density at radius 3 is 2.56 bits per heavy atom. The molecule has 0 heterocycles. The van der Waals surface area contributed by atoms with E-state index in [-0.39, 0.29) is 0 Å². The molecule has 0 bridgehead atoms. The van der Waals surface area contributed by atoms with E-state index in [9.17, 15) is 0 Å². The van der Waals surface area contributed by atoms with Gasteiger partial charge in [0.1, 0.15) is 0 Å². The molecule has 0 aliphatic heterocycles. The molecule has 0 atom stereocenters. The molecule has 0 aromatic heterocycles. The van der Waals surface area contributed by atoms with Crippen LogP contribution >= 0.6 is 11.8 Å². The molecule has 2 nitrogen and oxygen atoms in total. The molecule has 1 aliphatic carbocycles. The fraction of sp³-hybridized carbons (Fsp3) is 0.923. The Morgan fingerprint density at radius 1 is 1.31 bits per heavy atom. The number of hydrogen-bond acceptors (Lipinski definition) is 3. The smallest absolute Gasteiger partial charge is 0.0635 e. The van der Waals surface area contributed by atoms with Gasteiger partial charge in [0.25, 0.3) is 0 Å². The molecule has 92 valence electrons. The van der Waals surface area contributed by atoms with Crippen LogP contribution < -0.4 is 0 Å². The van der Waals surface area contributed by atoms with E-state index >= 15 is 0 Å². The lowest BCUT2D eigenvalue weighted by Crippen LogP contribution is -2.35. The number of thioether (sulfide) groups is 1. The van der Waals surface area contributed by atoms with Crippen molar-refractivity contribution in [2.75, 3.05) is 25.6 Å². The van der Waals surface area contributed by atoms with Crippen molar-refractivity contribution in [3.63, 3.8) is 0 Å². The van der Waals surface area contributed by atoms with Crippen LogP contribution in [0.1, 0.15) is 38.5 Å². The summed E-state index contributed by atoms with van der Waals surface area (Å²) in [7, 11) is 2.17. The molecular formula is C13H24N2S. The lowest BCUT2D eigenvalue weighted by atomic mass is 9.84. The van der Waals surface area contributed by atoms with Gasteiger partial charge >= 0.3 is 0 Å². The van der Waals surface area contributed by atoms with Crippen LogP contribution in [0, 0.1) is 17.2 Å². The molecule has 0 spiro atoms. The summed E-state index contributed by atoms with van der Waals surface area (Å²) in [6, 6.07) is 2.97. The van der Waals surface area contributed by atoms with Gasteiger partial charge in [0.05, 0.1) is 6.07 Å². The van der Waals surface area contributed by atoms with E-state index in [1.54, 1.807) is 0 Å². The maximum Gasteiger partial charge on any atom is 0.0635 e. The van der Waals surface area contributed by atoms with Gasteiger partial charge in [-0.15, -0.1) is 0 Å². The zero-order valence-electron chi connectivity index (χ0n) is 10.6. The molecule has 0 N–H and O–H groups in total. The van der Waals surface area contributed by atoms with Crippen LogP contribution in [0.5, 0.6) is 0 Å². The summed E-state index contributed by atoms with van der Waals surface area (Å²) in [5.74, 6) is 2.28. The number of nitrogens with zero attached hydrogens (tertiary/aromatic N) is 2. The summed E-state index contributed by atoms with van der Waals surface area (Å²) in [5.41, 5.74) is 0. The molecule has 0 radical (unpaired) electrons. The van der Waals surface area contributed by atoms with Gasteiger partial charge in [0.2, 0.25) is 0 Å². The summed E-state index contributed by atoms with van der Waals surface area (Å²) in [6.45, 7) is 0.941. The molecule has 1 saturated carbocycles. The minimum absolute atomic E-state index is 0.670. The molecule has 1 fully saturated rings. The van der Waals surface area contributed by atoms with Crippen LogP contribution in [0.3, 0.4) is 0 Å². The van der Waals surface area contributed by atoms with Gasteiger partial charge in [-0.05, 0) is 57.1 Å². The van der Waals surface area contributed by atoms with Crippen molar-refractivity contribution in [3.05, 3.63) is 0 Å². The highest BCUT2D eigenvalue weighted by Crippen LogP contribution is 2.29. The molecule has 3 heteroatoms. The molecule has 16 heavy (non-hydrogen) atoms. The standard InChI is InChI=1S/C13H24N2S/c1-15(10-3-9-14)13-6-4-12(5-7-13)8-11-16-2/h12-13H,3-8,10-11H2,1-2H3. The highest BCUT2D eigenvalue weighted by molar-refractivity contribution is 7.98. The summed E-state index contributed by atoms with van der Waals surface area (Å²) < 4.78 is 0. The van der Waals surface area contributed by atoms with E-state index in [1.807, 2.05) is 11.8 Å². The first-order valence-electron chi connectivity index (χ1n) is 6.34. The predicted molar refractivity (Wildman–Crippen MR) is 71.6 cm³/mol. The minimum Gasteiger partial charge on any atom is -0.302 e. The molecule has 0 aromatic carbocycles. The monoisotopic (exact) mass is 240 g/mol. The van der Waals surface area contributed by atoms with Crippen molar-refractivity contribution in [1.29, 1.82) is 5.26 Å². The van der Waals surface area contributed by atoms with E-state index in [0.717, 1.165) is 18.5 Å². The third kappa shape index (κ3) is 4.76. The Labute approximate surface area is 104 Å². The van der Waals surface area contributed by atoms with Crippen LogP contribution in [-0.4, -0.2) is 36.5 Å². The van der Waals surface area contributed by atoms with Gasteiger partial charge < -0.3 is 4.90 Å². The Balaban J connectivity index is 2.18. The molecule has 1 rings (SSSR count). The Hall–Kier alpha value is -0.200. The van der Waals surface area contributed by atoms with E-state index in [2.05, 4.69) is 24.3 Å². The topological polar surface area (TPSA) is 27.0 Å². The predicted octanol–water partition coefficient (Wildman–Crippen LogP) is 3.14. The lowest BCUT2D eigenvalue weighted by Gasteiger charge is -2.34. The third-order valence-corrected chi connectivity index (χ3v) is 4.39. The van der Waals surface area contributed by atoms with Crippen molar-refractivity contribution in [1.82, 2.24) is 4.90 Å². The van der Waals surface area contributed by atoms with Crippen LogP contribution in [0.4, 0.5) is 0 Å². The fourth-order valence-corrected chi connectivity index (χ4v) is 3.14. The second kappa shape index (κ2) is 7.97. The minimum atomic E-state index is 0.670. The average Bonchev–Trinajstić information content (AvgIpc) is 2.34. The van der Waals surface area contributed by atoms with Gasteiger partial charge in [-0.1, -0.05) is 0 Å². The molecular weight excluding hydrogens is 216 g/mol. The second-order valence-corrected chi connectivity index (χ2v) is 5.83. The number of hydrogen-bond donors (Lipinski definition) is 0. The maximum atomic E-state index is 8.57. The molecule has 0 unspecified atom stereocenters. The molecule has 1 aliphatic rings. The first kappa shape index (κ1) is 13.9. The Kier molecular flexibility index (Phi) is 6.91. The van der Waals surface area contributed by atoms with Crippen LogP contribution in [0.15, 0.2) is 0 Å². The quantitative estimate of drug-likeness (QED) is 0.713. The maximum absolute atomic E-state index is 8.57. The van der Waals surface area contributed by atoms with Crippen molar-refractivity contribution < 1.29 is 0 Å². The number of rotatable bonds is 6. The van der Waals surface area contributed by atoms with Gasteiger partial charge in [0.15, 0.2) is 0 Å². The Morgan fingerprint density at radius 2 is 2.00 bits per heavy atom. The summed E-state index contributed by atoms with van der Waals surface area (Å²) in [5, 5.41) is 8.57. The van der Waals surface area contributed by atoms with Gasteiger partial charge in [0, 0.05) is 19.0 Å². The van der Waals surface area contributed by atoms with E-state index < -0.39 is 0 Å². The first-order valence-corrected chi connectivity index (χ1v) is 7.73. The van der Waals surface area contributed by atoms with Gasteiger partial charge in [-0.3, -0.25) is 0 Å².